The average Bonchev–Trinajstić information content (AvgIpc) is 3.31. The molecule has 0 N–H and O–H groups in total. The van der Waals surface area contributed by atoms with Crippen molar-refractivity contribution in [2.45, 2.75) is 12.3 Å². The van der Waals surface area contributed by atoms with Gasteiger partial charge in [-0.2, -0.15) is 0 Å². The van der Waals surface area contributed by atoms with E-state index < -0.39 is 5.41 Å². The second kappa shape index (κ2) is 23.2. The summed E-state index contributed by atoms with van der Waals surface area (Å²) in [5, 5.41) is 3.78. The molecule has 6 rings (SSSR count). The van der Waals surface area contributed by atoms with E-state index >= 15 is 0 Å². The number of terminal acetylenes is 4. The van der Waals surface area contributed by atoms with Crippen molar-refractivity contribution >= 4 is 21.5 Å². The lowest BCUT2D eigenvalue weighted by Gasteiger charge is -2.36. The zero-order chi connectivity index (χ0) is 43.4. The third-order valence-electron chi connectivity index (χ3n) is 10.2. The maximum absolute atomic E-state index is 6.69. The summed E-state index contributed by atoms with van der Waals surface area (Å²) < 4.78 is 47.9. The fraction of sp³-hybridized carbons (Fsp3) is 0.259. The lowest BCUT2D eigenvalue weighted by Crippen LogP contribution is -2.28. The van der Waals surface area contributed by atoms with Crippen LogP contribution in [-0.2, 0) is 24.4 Å². The van der Waals surface area contributed by atoms with Crippen molar-refractivity contribution in [2.75, 3.05) is 79.3 Å². The van der Waals surface area contributed by atoms with Gasteiger partial charge in [0.15, 0.2) is 0 Å². The van der Waals surface area contributed by atoms with Gasteiger partial charge in [-0.25, -0.2) is 0 Å². The molecule has 0 saturated heterocycles. The first-order chi connectivity index (χ1) is 30.5. The van der Waals surface area contributed by atoms with Gasteiger partial charge in [-0.15, -0.1) is 25.7 Å². The van der Waals surface area contributed by atoms with E-state index in [-0.39, 0.29) is 39.6 Å². The summed E-state index contributed by atoms with van der Waals surface area (Å²) in [5.41, 5.74) is 4.08. The van der Waals surface area contributed by atoms with E-state index in [9.17, 15) is 0 Å². The van der Waals surface area contributed by atoms with Crippen LogP contribution in [0.5, 0.6) is 23.0 Å². The number of hydrogen-bond donors (Lipinski definition) is 0. The molecule has 62 heavy (non-hydrogen) atoms. The molecule has 0 saturated carbocycles. The maximum Gasteiger partial charge on any atom is 0.124 e. The average molecular weight is 827 g/mol. The second-order valence-electron chi connectivity index (χ2n) is 14.1. The van der Waals surface area contributed by atoms with Crippen molar-refractivity contribution in [3.05, 3.63) is 132 Å². The highest BCUT2D eigenvalue weighted by atomic mass is 16.5. The smallest absolute Gasteiger partial charge is 0.124 e. The van der Waals surface area contributed by atoms with E-state index in [4.69, 9.17) is 63.6 Å². The van der Waals surface area contributed by atoms with Gasteiger partial charge in [-0.3, -0.25) is 0 Å². The normalized spacial score (nSPS) is 11.0. The highest BCUT2D eigenvalue weighted by molar-refractivity contribution is 5.96. The molecule has 0 unspecified atom stereocenters. The van der Waals surface area contributed by atoms with Gasteiger partial charge in [0.25, 0.3) is 0 Å². The van der Waals surface area contributed by atoms with Gasteiger partial charge in [-0.1, -0.05) is 103 Å². The van der Waals surface area contributed by atoms with E-state index in [0.29, 0.717) is 62.6 Å². The number of hydrogen-bond acceptors (Lipinski definition) is 8. The lowest BCUT2D eigenvalue weighted by atomic mass is 9.67. The van der Waals surface area contributed by atoms with Gasteiger partial charge < -0.3 is 37.9 Å². The van der Waals surface area contributed by atoms with Crippen molar-refractivity contribution < 1.29 is 37.9 Å². The Hall–Kier alpha value is -6.88. The molecule has 8 nitrogen and oxygen atoms in total. The minimum Gasteiger partial charge on any atom is -0.491 e. The molecule has 0 radical (unpaired) electrons. The molecule has 0 spiro atoms. The third kappa shape index (κ3) is 11.3. The monoisotopic (exact) mass is 826 g/mol. The van der Waals surface area contributed by atoms with Crippen LogP contribution in [0.2, 0.25) is 0 Å². The zero-order valence-corrected chi connectivity index (χ0v) is 35.0. The first-order valence-corrected chi connectivity index (χ1v) is 20.4. The van der Waals surface area contributed by atoms with Crippen LogP contribution >= 0.6 is 0 Å². The predicted molar refractivity (Wildman–Crippen MR) is 246 cm³/mol. The maximum atomic E-state index is 6.69. The Morgan fingerprint density at radius 2 is 0.823 bits per heavy atom. The van der Waals surface area contributed by atoms with Crippen molar-refractivity contribution in [3.63, 3.8) is 0 Å². The summed E-state index contributed by atoms with van der Waals surface area (Å²) in [6.45, 7) is 5.57. The van der Waals surface area contributed by atoms with E-state index in [1.54, 1.807) is 0 Å². The van der Waals surface area contributed by atoms with Gasteiger partial charge in [0, 0.05) is 11.1 Å². The van der Waals surface area contributed by atoms with E-state index in [1.165, 1.54) is 0 Å². The van der Waals surface area contributed by atoms with Crippen molar-refractivity contribution in [3.8, 4) is 83.5 Å². The van der Waals surface area contributed by atoms with Crippen molar-refractivity contribution in [1.82, 2.24) is 0 Å². The summed E-state index contributed by atoms with van der Waals surface area (Å²) in [7, 11) is 0. The van der Waals surface area contributed by atoms with Crippen LogP contribution in [0.3, 0.4) is 0 Å². The summed E-state index contributed by atoms with van der Waals surface area (Å²) in [4.78, 5) is 0. The number of rotatable bonds is 24. The first-order valence-electron chi connectivity index (χ1n) is 20.4. The van der Waals surface area contributed by atoms with Crippen molar-refractivity contribution in [1.29, 1.82) is 0 Å². The van der Waals surface area contributed by atoms with Crippen LogP contribution < -0.4 is 18.9 Å². The molecule has 0 heterocycles. The predicted octanol–water partition coefficient (Wildman–Crippen LogP) is 9.13. The topological polar surface area (TPSA) is 73.8 Å². The van der Waals surface area contributed by atoms with E-state index in [2.05, 4.69) is 79.1 Å². The van der Waals surface area contributed by atoms with Gasteiger partial charge in [0.05, 0.1) is 31.8 Å². The van der Waals surface area contributed by atoms with Crippen molar-refractivity contribution in [2.24, 2.45) is 0 Å². The van der Waals surface area contributed by atoms with Crippen LogP contribution in [0, 0.1) is 49.4 Å². The molecular weight excluding hydrogens is 777 g/mol. The molecule has 0 aliphatic rings. The Morgan fingerprint density at radius 3 is 1.24 bits per heavy atom. The lowest BCUT2D eigenvalue weighted by molar-refractivity contribution is 0.123. The molecule has 0 bridgehead atoms. The Kier molecular flexibility index (Phi) is 16.7. The first kappa shape index (κ1) is 44.7. The van der Waals surface area contributed by atoms with Gasteiger partial charge in [0.2, 0.25) is 0 Å². The van der Waals surface area contributed by atoms with E-state index in [1.807, 2.05) is 66.7 Å². The number of ether oxygens (including phenoxy) is 8. The Balaban J connectivity index is 1.58. The molecule has 0 amide bonds. The summed E-state index contributed by atoms with van der Waals surface area (Å²) >= 11 is 0. The van der Waals surface area contributed by atoms with Crippen LogP contribution in [0.4, 0.5) is 0 Å². The molecule has 0 fully saturated rings. The minimum absolute atomic E-state index is 0.182. The van der Waals surface area contributed by atoms with Gasteiger partial charge >= 0.3 is 0 Å². The molecule has 6 aromatic carbocycles. The number of fused-ring (bicyclic) bond motifs is 2. The second-order valence-corrected chi connectivity index (χ2v) is 14.1. The minimum atomic E-state index is -0.935. The van der Waals surface area contributed by atoms with Gasteiger partial charge in [-0.05, 0) is 81.6 Å². The Labute approximate surface area is 365 Å². The van der Waals surface area contributed by atoms with Crippen LogP contribution in [-0.4, -0.2) is 79.3 Å². The fourth-order valence-electron chi connectivity index (χ4n) is 7.45. The third-order valence-corrected chi connectivity index (χ3v) is 10.2. The SMILES string of the molecule is C#CCOCCOc1ccc2c(C(C)(c3ccc(-c4ccccc4)cc3)c3c(OCCOCC#C)ccc4cc(OCCOCC#C)ccc34)c(OCCOCC#C)ccc2c1. The molecule has 0 aliphatic carbocycles. The molecule has 314 valence electrons. The molecule has 0 aliphatic heterocycles. The highest BCUT2D eigenvalue weighted by Crippen LogP contribution is 2.52. The van der Waals surface area contributed by atoms with Crippen LogP contribution in [0.1, 0.15) is 23.6 Å². The number of benzene rings is 6. The quantitative estimate of drug-likeness (QED) is 0.0340. The summed E-state index contributed by atoms with van der Waals surface area (Å²) in [6, 6.07) is 39.2. The molecule has 6 aromatic rings. The van der Waals surface area contributed by atoms with Crippen LogP contribution in [0.25, 0.3) is 32.7 Å². The Bertz CT molecular complexity index is 2420. The largest absolute Gasteiger partial charge is 0.491 e. The molecule has 0 atom stereocenters. The Morgan fingerprint density at radius 1 is 0.419 bits per heavy atom. The highest BCUT2D eigenvalue weighted by Gasteiger charge is 2.40. The standard InChI is InChI=1S/C54H50O8/c1-6-27-55-31-35-59-46-21-23-48-43(39-46)17-25-50(61-37-33-57-29-8-3)52(48)54(5,45-19-15-42(16-20-45)41-13-11-10-12-14-41)53-49-24-22-47(60-36-32-56-28-7-2)40-44(49)18-26-51(53)62-38-34-58-30-9-4/h1-4,10-26,39-40H,27-38H2,5H3. The zero-order valence-electron chi connectivity index (χ0n) is 35.0. The van der Waals surface area contributed by atoms with Gasteiger partial charge in [0.1, 0.15) is 75.9 Å². The molecule has 8 heteroatoms. The molecule has 0 aromatic heterocycles. The van der Waals surface area contributed by atoms with Crippen LogP contribution in [0.15, 0.2) is 115 Å². The summed E-state index contributed by atoms with van der Waals surface area (Å²) in [6.07, 6.45) is 21.7. The van der Waals surface area contributed by atoms with E-state index in [0.717, 1.165) is 49.4 Å². The fourth-order valence-corrected chi connectivity index (χ4v) is 7.45. The summed E-state index contributed by atoms with van der Waals surface area (Å²) in [5.74, 6) is 12.7. The molecular formula is C54H50O8.